The van der Waals surface area contributed by atoms with Crippen LogP contribution in [0.15, 0.2) is 4.52 Å². The number of hydrogen-bond donors (Lipinski definition) is 1. The molecule has 2 aromatic rings. The highest BCUT2D eigenvalue weighted by molar-refractivity contribution is 7.11. The third kappa shape index (κ3) is 2.65. The van der Waals surface area contributed by atoms with Crippen LogP contribution in [0.5, 0.6) is 0 Å². The summed E-state index contributed by atoms with van der Waals surface area (Å²) < 4.78 is 5.00. The molecule has 2 aromatic heterocycles. The molecule has 2 heterocycles. The van der Waals surface area contributed by atoms with Crippen LogP contribution in [-0.4, -0.2) is 15.1 Å². The van der Waals surface area contributed by atoms with Crippen LogP contribution in [0.25, 0.3) is 0 Å². The first-order chi connectivity index (χ1) is 7.65. The fraction of sp³-hybridized carbons (Fsp3) is 0.500. The van der Waals surface area contributed by atoms with Crippen LogP contribution >= 0.6 is 11.3 Å². The Morgan fingerprint density at radius 2 is 2.00 bits per heavy atom. The SMILES string of the molecule is Cc1noc(CNCc2sc(C)nc2C)n1. The van der Waals surface area contributed by atoms with Crippen LogP contribution in [0.2, 0.25) is 0 Å². The summed E-state index contributed by atoms with van der Waals surface area (Å²) >= 11 is 1.71. The Morgan fingerprint density at radius 1 is 1.19 bits per heavy atom. The van der Waals surface area contributed by atoms with Gasteiger partial charge in [0.1, 0.15) is 0 Å². The summed E-state index contributed by atoms with van der Waals surface area (Å²) in [4.78, 5) is 9.74. The predicted octanol–water partition coefficient (Wildman–Crippen LogP) is 1.74. The Balaban J connectivity index is 1.86. The standard InChI is InChI=1S/C10H14N4OS/c1-6-9(16-8(3)12-6)4-11-5-10-13-7(2)14-15-10/h11H,4-5H2,1-3H3. The molecule has 0 fully saturated rings. The van der Waals surface area contributed by atoms with Gasteiger partial charge in [-0.1, -0.05) is 5.16 Å². The van der Waals surface area contributed by atoms with Gasteiger partial charge in [-0.05, 0) is 20.8 Å². The van der Waals surface area contributed by atoms with Gasteiger partial charge in [-0.25, -0.2) is 4.98 Å². The molecule has 1 N–H and O–H groups in total. The molecule has 0 saturated carbocycles. The van der Waals surface area contributed by atoms with Gasteiger partial charge in [-0.3, -0.25) is 0 Å². The molecule has 0 amide bonds. The van der Waals surface area contributed by atoms with Crippen molar-refractivity contribution in [2.75, 3.05) is 0 Å². The molecule has 0 atom stereocenters. The van der Waals surface area contributed by atoms with Gasteiger partial charge in [-0.15, -0.1) is 11.3 Å². The van der Waals surface area contributed by atoms with Gasteiger partial charge in [0.2, 0.25) is 5.89 Å². The molecule has 5 nitrogen and oxygen atoms in total. The van der Waals surface area contributed by atoms with Gasteiger partial charge in [0.15, 0.2) is 5.82 Å². The van der Waals surface area contributed by atoms with Crippen molar-refractivity contribution in [2.24, 2.45) is 0 Å². The van der Waals surface area contributed by atoms with E-state index in [0.717, 1.165) is 17.2 Å². The van der Waals surface area contributed by atoms with E-state index >= 15 is 0 Å². The van der Waals surface area contributed by atoms with E-state index < -0.39 is 0 Å². The minimum absolute atomic E-state index is 0.594. The van der Waals surface area contributed by atoms with E-state index in [2.05, 4.69) is 20.4 Å². The van der Waals surface area contributed by atoms with Crippen molar-refractivity contribution in [1.29, 1.82) is 0 Å². The zero-order valence-corrected chi connectivity index (χ0v) is 10.4. The Morgan fingerprint density at radius 3 is 2.56 bits per heavy atom. The average Bonchev–Trinajstić information content (AvgIpc) is 2.74. The number of aromatic nitrogens is 3. The van der Waals surface area contributed by atoms with Gasteiger partial charge in [0, 0.05) is 11.4 Å². The molecule has 0 aliphatic heterocycles. The first-order valence-corrected chi connectivity index (χ1v) is 5.89. The summed E-state index contributed by atoms with van der Waals surface area (Å²) in [5.41, 5.74) is 1.09. The number of hydrogen-bond acceptors (Lipinski definition) is 6. The topological polar surface area (TPSA) is 63.8 Å². The highest BCUT2D eigenvalue weighted by Crippen LogP contribution is 2.16. The molecule has 2 rings (SSSR count). The fourth-order valence-electron chi connectivity index (χ4n) is 1.43. The summed E-state index contributed by atoms with van der Waals surface area (Å²) in [6.07, 6.45) is 0. The molecular weight excluding hydrogens is 224 g/mol. The maximum absolute atomic E-state index is 5.00. The number of thiazole rings is 1. The van der Waals surface area contributed by atoms with Gasteiger partial charge < -0.3 is 9.84 Å². The van der Waals surface area contributed by atoms with Gasteiger partial charge in [0.05, 0.1) is 17.2 Å². The molecule has 0 aliphatic carbocycles. The Bertz CT molecular complexity index is 477. The Labute approximate surface area is 97.9 Å². The minimum atomic E-state index is 0.594. The molecule has 0 bridgehead atoms. The lowest BCUT2D eigenvalue weighted by Crippen LogP contribution is -2.12. The van der Waals surface area contributed by atoms with E-state index in [1.165, 1.54) is 4.88 Å². The average molecular weight is 238 g/mol. The van der Waals surface area contributed by atoms with Gasteiger partial charge in [-0.2, -0.15) is 4.98 Å². The lowest BCUT2D eigenvalue weighted by molar-refractivity contribution is 0.364. The molecule has 0 unspecified atom stereocenters. The summed E-state index contributed by atoms with van der Waals surface area (Å²) in [7, 11) is 0. The molecule has 0 saturated heterocycles. The first-order valence-electron chi connectivity index (χ1n) is 5.08. The number of rotatable bonds is 4. The van der Waals surface area contributed by atoms with Gasteiger partial charge >= 0.3 is 0 Å². The Hall–Kier alpha value is -1.27. The van der Waals surface area contributed by atoms with Crippen molar-refractivity contribution < 1.29 is 4.52 Å². The predicted molar refractivity (Wildman–Crippen MR) is 61.2 cm³/mol. The second kappa shape index (κ2) is 4.71. The molecule has 0 aliphatic rings. The first kappa shape index (κ1) is 11.2. The largest absolute Gasteiger partial charge is 0.338 e. The van der Waals surface area contributed by atoms with Crippen molar-refractivity contribution in [3.8, 4) is 0 Å². The smallest absolute Gasteiger partial charge is 0.240 e. The van der Waals surface area contributed by atoms with Crippen LogP contribution in [0.3, 0.4) is 0 Å². The van der Waals surface area contributed by atoms with Gasteiger partial charge in [0.25, 0.3) is 0 Å². The third-order valence-electron chi connectivity index (χ3n) is 2.13. The quantitative estimate of drug-likeness (QED) is 0.879. The van der Waals surface area contributed by atoms with E-state index in [4.69, 9.17) is 4.52 Å². The molecular formula is C10H14N4OS. The van der Waals surface area contributed by atoms with Crippen LogP contribution in [0, 0.1) is 20.8 Å². The summed E-state index contributed by atoms with van der Waals surface area (Å²) in [6.45, 7) is 7.24. The van der Waals surface area contributed by atoms with Crippen molar-refractivity contribution in [2.45, 2.75) is 33.9 Å². The van der Waals surface area contributed by atoms with E-state index in [0.29, 0.717) is 18.3 Å². The van der Waals surface area contributed by atoms with E-state index in [1.54, 1.807) is 11.3 Å². The van der Waals surface area contributed by atoms with Crippen molar-refractivity contribution in [3.05, 3.63) is 27.3 Å². The second-order valence-corrected chi connectivity index (χ2v) is 4.87. The fourth-order valence-corrected chi connectivity index (χ4v) is 2.34. The number of aryl methyl sites for hydroxylation is 3. The summed E-state index contributed by atoms with van der Waals surface area (Å²) in [5.74, 6) is 1.29. The molecule has 0 spiro atoms. The third-order valence-corrected chi connectivity index (χ3v) is 3.20. The van der Waals surface area contributed by atoms with Crippen LogP contribution < -0.4 is 5.32 Å². The lowest BCUT2D eigenvalue weighted by atomic mass is 10.4. The van der Waals surface area contributed by atoms with Crippen molar-refractivity contribution in [1.82, 2.24) is 20.4 Å². The molecule has 0 radical (unpaired) electrons. The highest BCUT2D eigenvalue weighted by atomic mass is 32.1. The molecule has 16 heavy (non-hydrogen) atoms. The van der Waals surface area contributed by atoms with E-state index in [-0.39, 0.29) is 0 Å². The number of nitrogens with one attached hydrogen (secondary N) is 1. The minimum Gasteiger partial charge on any atom is -0.338 e. The zero-order valence-electron chi connectivity index (χ0n) is 9.57. The number of nitrogens with zero attached hydrogens (tertiary/aromatic N) is 3. The highest BCUT2D eigenvalue weighted by Gasteiger charge is 2.06. The maximum Gasteiger partial charge on any atom is 0.240 e. The van der Waals surface area contributed by atoms with Crippen molar-refractivity contribution in [3.63, 3.8) is 0 Å². The monoisotopic (exact) mass is 238 g/mol. The van der Waals surface area contributed by atoms with Crippen LogP contribution in [0.1, 0.15) is 27.3 Å². The molecule has 0 aromatic carbocycles. The van der Waals surface area contributed by atoms with Crippen molar-refractivity contribution >= 4 is 11.3 Å². The normalized spacial score (nSPS) is 10.9. The molecule has 86 valence electrons. The maximum atomic E-state index is 5.00. The van der Waals surface area contributed by atoms with E-state index in [1.807, 2.05) is 20.8 Å². The zero-order chi connectivity index (χ0) is 11.5. The Kier molecular flexibility index (Phi) is 3.31. The lowest BCUT2D eigenvalue weighted by Gasteiger charge is -1.99. The summed E-state index contributed by atoms with van der Waals surface area (Å²) in [5, 5.41) is 8.09. The molecule has 6 heteroatoms. The van der Waals surface area contributed by atoms with Crippen LogP contribution in [0.4, 0.5) is 0 Å². The summed E-state index contributed by atoms with van der Waals surface area (Å²) in [6, 6.07) is 0. The van der Waals surface area contributed by atoms with E-state index in [9.17, 15) is 0 Å². The van der Waals surface area contributed by atoms with Crippen LogP contribution in [-0.2, 0) is 13.1 Å². The second-order valence-electron chi connectivity index (χ2n) is 3.58.